The van der Waals surface area contributed by atoms with Crippen LogP contribution in [0.1, 0.15) is 45.7 Å². The molecule has 0 unspecified atom stereocenters. The van der Waals surface area contributed by atoms with Crippen LogP contribution in [0.2, 0.25) is 0 Å². The van der Waals surface area contributed by atoms with Gasteiger partial charge in [-0.15, -0.1) is 11.3 Å². The first-order chi connectivity index (χ1) is 16.9. The summed E-state index contributed by atoms with van der Waals surface area (Å²) in [4.78, 5) is 37.3. The Hall–Kier alpha value is -3.98. The van der Waals surface area contributed by atoms with Gasteiger partial charge in [0.2, 0.25) is 0 Å². The van der Waals surface area contributed by atoms with Crippen LogP contribution in [-0.2, 0) is 13.0 Å². The molecule has 2 aromatic carbocycles. The minimum absolute atomic E-state index is 0.183. The van der Waals surface area contributed by atoms with E-state index < -0.39 is 0 Å². The molecule has 9 heteroatoms. The summed E-state index contributed by atoms with van der Waals surface area (Å²) in [6.07, 6.45) is 4.08. The number of hydrogen-bond acceptors (Lipinski definition) is 6. The number of nitrogens with zero attached hydrogens (tertiary/aromatic N) is 3. The van der Waals surface area contributed by atoms with E-state index in [1.54, 1.807) is 23.4 Å². The summed E-state index contributed by atoms with van der Waals surface area (Å²) in [5.74, 6) is 0.0264. The molecule has 0 saturated heterocycles. The van der Waals surface area contributed by atoms with Gasteiger partial charge in [-0.1, -0.05) is 32.0 Å². The van der Waals surface area contributed by atoms with Crippen molar-refractivity contribution in [2.75, 3.05) is 22.9 Å². The first kappa shape index (κ1) is 22.8. The molecule has 8 nitrogen and oxygen atoms in total. The summed E-state index contributed by atoms with van der Waals surface area (Å²) >= 11 is 1.32. The van der Waals surface area contributed by atoms with Crippen LogP contribution in [0.25, 0.3) is 10.8 Å². The molecule has 178 valence electrons. The number of fused-ring (bicyclic) bond motifs is 2. The Morgan fingerprint density at radius 3 is 2.80 bits per heavy atom. The van der Waals surface area contributed by atoms with Crippen LogP contribution in [-0.4, -0.2) is 33.4 Å². The molecule has 35 heavy (non-hydrogen) atoms. The number of aromatic nitrogens is 2. The maximum Gasteiger partial charge on any atom is 0.322 e. The number of pyridine rings is 1. The van der Waals surface area contributed by atoms with Gasteiger partial charge in [-0.3, -0.25) is 9.78 Å². The van der Waals surface area contributed by atoms with Gasteiger partial charge in [0.25, 0.3) is 5.91 Å². The molecule has 4 N–H and O–H groups in total. The third-order valence-corrected chi connectivity index (χ3v) is 7.21. The van der Waals surface area contributed by atoms with Crippen LogP contribution >= 0.6 is 11.3 Å². The van der Waals surface area contributed by atoms with Gasteiger partial charge in [0.05, 0.1) is 29.3 Å². The third kappa shape index (κ3) is 4.67. The molecule has 2 aromatic heterocycles. The normalized spacial score (nSPS) is 13.1. The minimum Gasteiger partial charge on any atom is -0.397 e. The summed E-state index contributed by atoms with van der Waals surface area (Å²) < 4.78 is 0. The van der Waals surface area contributed by atoms with E-state index in [-0.39, 0.29) is 11.9 Å². The second-order valence-corrected chi connectivity index (χ2v) is 9.93. The van der Waals surface area contributed by atoms with Crippen molar-refractivity contribution in [1.29, 1.82) is 0 Å². The molecule has 0 radical (unpaired) electrons. The zero-order valence-corrected chi connectivity index (χ0v) is 20.4. The third-order valence-electron chi connectivity index (χ3n) is 6.13. The number of nitrogens with two attached hydrogens (primary N) is 1. The van der Waals surface area contributed by atoms with Gasteiger partial charge >= 0.3 is 6.03 Å². The molecule has 1 aliphatic heterocycles. The fourth-order valence-corrected chi connectivity index (χ4v) is 5.13. The van der Waals surface area contributed by atoms with E-state index in [9.17, 15) is 9.59 Å². The Morgan fingerprint density at radius 2 is 1.97 bits per heavy atom. The highest BCUT2D eigenvalue weighted by Gasteiger charge is 2.26. The van der Waals surface area contributed by atoms with E-state index in [2.05, 4.69) is 34.4 Å². The molecule has 4 aromatic rings. The quantitative estimate of drug-likeness (QED) is 0.342. The van der Waals surface area contributed by atoms with Crippen molar-refractivity contribution in [3.8, 4) is 0 Å². The average Bonchev–Trinajstić information content (AvgIpc) is 3.29. The number of urea groups is 1. The highest BCUT2D eigenvalue weighted by atomic mass is 32.1. The highest BCUT2D eigenvalue weighted by Crippen LogP contribution is 2.29. The van der Waals surface area contributed by atoms with Crippen molar-refractivity contribution in [3.63, 3.8) is 0 Å². The summed E-state index contributed by atoms with van der Waals surface area (Å²) in [6.45, 7) is 5.11. The number of anilines is 3. The largest absolute Gasteiger partial charge is 0.397 e. The predicted molar refractivity (Wildman–Crippen MR) is 140 cm³/mol. The van der Waals surface area contributed by atoms with Crippen LogP contribution in [0.3, 0.4) is 0 Å². The highest BCUT2D eigenvalue weighted by molar-refractivity contribution is 7.13. The van der Waals surface area contributed by atoms with Crippen LogP contribution in [0.5, 0.6) is 0 Å². The van der Waals surface area contributed by atoms with Crippen LogP contribution in [0, 0.1) is 0 Å². The molecule has 0 aliphatic carbocycles. The number of hydrogen-bond donors (Lipinski definition) is 3. The Balaban J connectivity index is 1.29. The lowest BCUT2D eigenvalue weighted by molar-refractivity contribution is 0.102. The van der Waals surface area contributed by atoms with E-state index >= 15 is 0 Å². The molecule has 3 amide bonds. The van der Waals surface area contributed by atoms with Crippen molar-refractivity contribution >= 4 is 51.1 Å². The topological polar surface area (TPSA) is 113 Å². The van der Waals surface area contributed by atoms with Gasteiger partial charge < -0.3 is 21.3 Å². The summed E-state index contributed by atoms with van der Waals surface area (Å²) in [5.41, 5.74) is 9.87. The number of benzene rings is 2. The zero-order valence-electron chi connectivity index (χ0n) is 19.5. The number of carbonyl (C=O) groups excluding carboxylic acids is 2. The number of nitrogens with one attached hydrogen (secondary N) is 2. The van der Waals surface area contributed by atoms with Crippen molar-refractivity contribution in [2.45, 2.75) is 32.7 Å². The van der Waals surface area contributed by atoms with Crippen LogP contribution in [0.4, 0.5) is 21.9 Å². The SMILES string of the molecule is CC(C)c1ccc(N)c(NC(=O)c2nc3c(s2)CN(C(=O)Nc2cccc4cnccc24)CC3)c1. The summed E-state index contributed by atoms with van der Waals surface area (Å²) in [7, 11) is 0. The zero-order chi connectivity index (χ0) is 24.5. The van der Waals surface area contributed by atoms with Crippen molar-refractivity contribution < 1.29 is 9.59 Å². The van der Waals surface area contributed by atoms with Gasteiger partial charge in [0.15, 0.2) is 5.01 Å². The standard InChI is InChI=1S/C26H26N6O2S/c1-15(2)16-6-7-19(27)22(12-16)29-24(33)25-30-21-9-11-32(14-23(21)35-25)26(34)31-20-5-3-4-17-13-28-10-8-18(17)20/h3-8,10,12-13,15H,9,11,14,27H2,1-2H3,(H,29,33)(H,31,34). The van der Waals surface area contributed by atoms with Crippen LogP contribution in [0.15, 0.2) is 54.9 Å². The molecule has 0 saturated carbocycles. The van der Waals surface area contributed by atoms with E-state index in [0.717, 1.165) is 32.6 Å². The minimum atomic E-state index is -0.294. The second kappa shape index (κ2) is 9.34. The maximum atomic E-state index is 13.0. The van der Waals surface area contributed by atoms with Crippen LogP contribution < -0.4 is 16.4 Å². The second-order valence-electron chi connectivity index (χ2n) is 8.85. The molecular formula is C26H26N6O2S. The van der Waals surface area contributed by atoms with Gasteiger partial charge in [-0.05, 0) is 35.7 Å². The van der Waals surface area contributed by atoms with Gasteiger partial charge in [-0.2, -0.15) is 0 Å². The van der Waals surface area contributed by atoms with Crippen molar-refractivity contribution in [2.24, 2.45) is 0 Å². The Kier molecular flexibility index (Phi) is 6.08. The van der Waals surface area contributed by atoms with Gasteiger partial charge in [-0.25, -0.2) is 9.78 Å². The molecule has 0 atom stereocenters. The number of amides is 3. The predicted octanol–water partition coefficient (Wildman–Crippen LogP) is 5.24. The Morgan fingerprint density at radius 1 is 1.11 bits per heavy atom. The van der Waals surface area contributed by atoms with E-state index in [1.165, 1.54) is 11.3 Å². The number of rotatable bonds is 4. The lowest BCUT2D eigenvalue weighted by Gasteiger charge is -2.26. The lowest BCUT2D eigenvalue weighted by Crippen LogP contribution is -2.38. The van der Waals surface area contributed by atoms with E-state index in [0.29, 0.717) is 41.8 Å². The average molecular weight is 487 g/mol. The monoisotopic (exact) mass is 486 g/mol. The van der Waals surface area contributed by atoms with Gasteiger partial charge in [0, 0.05) is 41.0 Å². The van der Waals surface area contributed by atoms with E-state index in [1.807, 2.05) is 36.4 Å². The summed E-state index contributed by atoms with van der Waals surface area (Å²) in [6, 6.07) is 13.1. The molecule has 1 aliphatic rings. The molecule has 0 spiro atoms. The molecule has 0 bridgehead atoms. The lowest BCUT2D eigenvalue weighted by atomic mass is 10.0. The molecule has 5 rings (SSSR count). The van der Waals surface area contributed by atoms with Gasteiger partial charge in [0.1, 0.15) is 0 Å². The Bertz CT molecular complexity index is 1430. The first-order valence-corrected chi connectivity index (χ1v) is 12.3. The fourth-order valence-electron chi connectivity index (χ4n) is 4.11. The number of carbonyl (C=O) groups is 2. The Labute approximate surface area is 207 Å². The number of thiazole rings is 1. The van der Waals surface area contributed by atoms with Crippen molar-refractivity contribution in [1.82, 2.24) is 14.9 Å². The maximum absolute atomic E-state index is 13.0. The summed E-state index contributed by atoms with van der Waals surface area (Å²) in [5, 5.41) is 8.19. The first-order valence-electron chi connectivity index (χ1n) is 11.5. The fraction of sp³-hybridized carbons (Fsp3) is 0.231. The number of nitrogen functional groups attached to an aromatic ring is 1. The molecular weight excluding hydrogens is 460 g/mol. The molecule has 0 fully saturated rings. The molecule has 3 heterocycles. The van der Waals surface area contributed by atoms with E-state index in [4.69, 9.17) is 5.73 Å². The van der Waals surface area contributed by atoms with Crippen molar-refractivity contribution in [3.05, 3.63) is 76.0 Å². The smallest absolute Gasteiger partial charge is 0.322 e.